The maximum absolute atomic E-state index is 13.9. The molecule has 0 fully saturated rings. The van der Waals surface area contributed by atoms with Crippen molar-refractivity contribution < 1.29 is 35.1 Å². The largest absolute Gasteiger partial charge is 1.00 e. The summed E-state index contributed by atoms with van der Waals surface area (Å²) in [5, 5.41) is 21.6. The van der Waals surface area contributed by atoms with E-state index in [1.54, 1.807) is 60.7 Å². The van der Waals surface area contributed by atoms with E-state index in [-0.39, 0.29) is 31.8 Å². The predicted molar refractivity (Wildman–Crippen MR) is 90.3 cm³/mol. The van der Waals surface area contributed by atoms with E-state index in [9.17, 15) is 14.8 Å². The van der Waals surface area contributed by atoms with Gasteiger partial charge in [-0.3, -0.25) is 0 Å². The van der Waals surface area contributed by atoms with Crippen LogP contribution in [0.15, 0.2) is 78.9 Å². The minimum absolute atomic E-state index is 0. The first-order chi connectivity index (χ1) is 10.6. The fourth-order valence-corrected chi connectivity index (χ4v) is 5.30. The first kappa shape index (κ1) is 17.4. The van der Waals surface area contributed by atoms with Gasteiger partial charge in [0.2, 0.25) is 0 Å². The van der Waals surface area contributed by atoms with E-state index in [1.807, 2.05) is 6.07 Å². The van der Waals surface area contributed by atoms with Crippen LogP contribution in [0.25, 0.3) is 0 Å². The quantitative estimate of drug-likeness (QED) is 0.522. The maximum Gasteiger partial charge on any atom is 1.00 e. The van der Waals surface area contributed by atoms with Crippen LogP contribution >= 0.6 is 7.14 Å². The Labute approximate surface area is 148 Å². The van der Waals surface area contributed by atoms with Crippen molar-refractivity contribution in [1.29, 1.82) is 0 Å². The number of benzene rings is 3. The average Bonchev–Trinajstić information content (AvgIpc) is 2.56. The van der Waals surface area contributed by atoms with Gasteiger partial charge in [0.25, 0.3) is 0 Å². The number of rotatable bonds is 3. The first-order valence-corrected chi connectivity index (χ1v) is 8.57. The zero-order valence-corrected chi connectivity index (χ0v) is 13.6. The topological polar surface area (TPSA) is 57.5 Å². The fraction of sp³-hybridized carbons (Fsp3) is 0. The smallest absolute Gasteiger partial charge is 1.00 e. The second-order valence-electron chi connectivity index (χ2n) is 4.92. The molecule has 0 spiro atoms. The third kappa shape index (κ3) is 3.09. The van der Waals surface area contributed by atoms with Gasteiger partial charge in [0, 0.05) is 5.30 Å². The van der Waals surface area contributed by atoms with E-state index in [1.165, 1.54) is 12.1 Å². The van der Waals surface area contributed by atoms with Crippen LogP contribution in [0.5, 0.6) is 11.5 Å². The van der Waals surface area contributed by atoms with Crippen LogP contribution in [0, 0.1) is 0 Å². The molecule has 0 radical (unpaired) electrons. The molecule has 0 saturated carbocycles. The van der Waals surface area contributed by atoms with Crippen LogP contribution in [0.1, 0.15) is 1.43 Å². The molecule has 3 rings (SSSR count). The van der Waals surface area contributed by atoms with Crippen molar-refractivity contribution in [2.75, 3.05) is 0 Å². The van der Waals surface area contributed by atoms with Gasteiger partial charge in [-0.05, 0) is 24.3 Å². The molecule has 0 aliphatic rings. The monoisotopic (exact) mass is 318 g/mol. The molecule has 0 unspecified atom stereocenters. The Kier molecular flexibility index (Phi) is 5.39. The van der Waals surface area contributed by atoms with Crippen molar-refractivity contribution in [2.24, 2.45) is 0 Å². The Balaban J connectivity index is 0.00000144. The molecule has 112 valence electrons. The number of phenolic OH excluding ortho intramolecular Hbond substituents is 2. The van der Waals surface area contributed by atoms with Crippen LogP contribution in [-0.4, -0.2) is 10.2 Å². The number of para-hydroxylation sites is 2. The predicted octanol–water partition coefficient (Wildman–Crippen LogP) is -0.146. The number of hydrogen-bond donors (Lipinski definition) is 2. The second kappa shape index (κ2) is 7.11. The molecule has 0 aromatic heterocycles. The van der Waals surface area contributed by atoms with Crippen LogP contribution in [0.3, 0.4) is 0 Å². The molecule has 0 bridgehead atoms. The molecular formula is C18H16LiO3P. The molecule has 0 atom stereocenters. The van der Waals surface area contributed by atoms with Gasteiger partial charge >= 0.3 is 18.9 Å². The molecular weight excluding hydrogens is 302 g/mol. The van der Waals surface area contributed by atoms with Crippen molar-refractivity contribution >= 4 is 23.1 Å². The molecule has 3 aromatic carbocycles. The summed E-state index contributed by atoms with van der Waals surface area (Å²) in [4.78, 5) is 0. The van der Waals surface area contributed by atoms with Crippen LogP contribution in [0.4, 0.5) is 0 Å². The summed E-state index contributed by atoms with van der Waals surface area (Å²) in [6.07, 6.45) is 0. The maximum atomic E-state index is 13.9. The zero-order valence-electron chi connectivity index (χ0n) is 13.8. The molecule has 0 amide bonds. The van der Waals surface area contributed by atoms with E-state index in [2.05, 4.69) is 0 Å². The van der Waals surface area contributed by atoms with Crippen molar-refractivity contribution in [3.05, 3.63) is 78.9 Å². The van der Waals surface area contributed by atoms with E-state index < -0.39 is 7.14 Å². The van der Waals surface area contributed by atoms with Gasteiger partial charge < -0.3 is 16.2 Å². The molecule has 0 aliphatic carbocycles. The first-order valence-electron chi connectivity index (χ1n) is 6.87. The van der Waals surface area contributed by atoms with Gasteiger partial charge in [-0.1, -0.05) is 54.6 Å². The van der Waals surface area contributed by atoms with Gasteiger partial charge in [-0.2, -0.15) is 0 Å². The number of aromatic hydroxyl groups is 2. The molecule has 3 nitrogen and oxygen atoms in total. The molecule has 2 N–H and O–H groups in total. The molecule has 3 aromatic rings. The summed E-state index contributed by atoms with van der Waals surface area (Å²) < 4.78 is 13.9. The molecule has 5 heteroatoms. The third-order valence-corrected chi connectivity index (χ3v) is 6.70. The molecule has 23 heavy (non-hydrogen) atoms. The summed E-state index contributed by atoms with van der Waals surface area (Å²) >= 11 is 0. The van der Waals surface area contributed by atoms with E-state index in [4.69, 9.17) is 0 Å². The Hall–Kier alpha value is -1.91. The summed E-state index contributed by atoms with van der Waals surface area (Å²) in [7, 11) is -3.35. The van der Waals surface area contributed by atoms with Gasteiger partial charge in [0.1, 0.15) is 11.5 Å². The average molecular weight is 318 g/mol. The Morgan fingerprint density at radius 3 is 1.48 bits per heavy atom. The van der Waals surface area contributed by atoms with Crippen molar-refractivity contribution in [3.63, 3.8) is 0 Å². The standard InChI is InChI=1S/C18H15O3P.Li.H/c19-15-10-4-6-12-17(15)22(21,14-8-2-1-3-9-14)18-13-7-5-11-16(18)20;;/h1-13,19-20H;;/q;+1;-1. The Morgan fingerprint density at radius 2 is 1.04 bits per heavy atom. The zero-order chi connectivity index (χ0) is 15.6. The van der Waals surface area contributed by atoms with Crippen molar-refractivity contribution in [2.45, 2.75) is 0 Å². The van der Waals surface area contributed by atoms with E-state index in [0.29, 0.717) is 15.9 Å². The Bertz CT molecular complexity index is 806. The number of phenols is 2. The van der Waals surface area contributed by atoms with Gasteiger partial charge in [0.15, 0.2) is 7.14 Å². The van der Waals surface area contributed by atoms with Crippen LogP contribution in [-0.2, 0) is 4.57 Å². The molecule has 0 aliphatic heterocycles. The van der Waals surface area contributed by atoms with Crippen molar-refractivity contribution in [3.8, 4) is 11.5 Å². The van der Waals surface area contributed by atoms with Crippen LogP contribution < -0.4 is 34.8 Å². The fourth-order valence-electron chi connectivity index (χ4n) is 2.51. The summed E-state index contributed by atoms with van der Waals surface area (Å²) in [5.41, 5.74) is 0. The molecule has 0 heterocycles. The summed E-state index contributed by atoms with van der Waals surface area (Å²) in [6, 6.07) is 22.0. The second-order valence-corrected chi connectivity index (χ2v) is 7.62. The normalized spacial score (nSPS) is 10.8. The molecule has 0 saturated heterocycles. The van der Waals surface area contributed by atoms with Crippen molar-refractivity contribution in [1.82, 2.24) is 0 Å². The number of hydrogen-bond acceptors (Lipinski definition) is 3. The van der Waals surface area contributed by atoms with Gasteiger partial charge in [-0.25, -0.2) is 0 Å². The Morgan fingerprint density at radius 1 is 0.652 bits per heavy atom. The SMILES string of the molecule is O=P(c1ccccc1)(c1ccccc1O)c1ccccc1O.[H-].[Li+]. The van der Waals surface area contributed by atoms with Gasteiger partial charge in [-0.15, -0.1) is 0 Å². The minimum atomic E-state index is -3.35. The minimum Gasteiger partial charge on any atom is -1.00 e. The van der Waals surface area contributed by atoms with Crippen LogP contribution in [0.2, 0.25) is 0 Å². The summed E-state index contributed by atoms with van der Waals surface area (Å²) in [6.45, 7) is 0. The summed E-state index contributed by atoms with van der Waals surface area (Å²) in [5.74, 6) is -0.0871. The van der Waals surface area contributed by atoms with E-state index >= 15 is 0 Å². The third-order valence-electron chi connectivity index (χ3n) is 3.56. The van der Waals surface area contributed by atoms with E-state index in [0.717, 1.165) is 0 Å². The van der Waals surface area contributed by atoms with Gasteiger partial charge in [0.05, 0.1) is 10.6 Å².